The second-order valence-corrected chi connectivity index (χ2v) is 4.15. The van der Waals surface area contributed by atoms with Gasteiger partial charge in [0.25, 0.3) is 0 Å². The SMILES string of the molecule is C#CCSCCNC(=O)Cn1ccc(N)n1. The Bertz CT molecular complexity index is 382. The van der Waals surface area contributed by atoms with E-state index in [2.05, 4.69) is 16.3 Å². The molecule has 0 aliphatic heterocycles. The monoisotopic (exact) mass is 238 g/mol. The van der Waals surface area contributed by atoms with Crippen LogP contribution in [0.3, 0.4) is 0 Å². The van der Waals surface area contributed by atoms with E-state index in [-0.39, 0.29) is 12.5 Å². The van der Waals surface area contributed by atoms with Gasteiger partial charge < -0.3 is 11.1 Å². The van der Waals surface area contributed by atoms with Crippen molar-refractivity contribution in [2.45, 2.75) is 6.54 Å². The molecule has 0 unspecified atom stereocenters. The highest BCUT2D eigenvalue weighted by Crippen LogP contribution is 1.96. The van der Waals surface area contributed by atoms with E-state index < -0.39 is 0 Å². The van der Waals surface area contributed by atoms with Crippen LogP contribution in [0.25, 0.3) is 0 Å². The van der Waals surface area contributed by atoms with Gasteiger partial charge in [0, 0.05) is 18.5 Å². The minimum absolute atomic E-state index is 0.0793. The Labute approximate surface area is 98.8 Å². The van der Waals surface area contributed by atoms with Crippen molar-refractivity contribution in [1.82, 2.24) is 15.1 Å². The first kappa shape index (κ1) is 12.5. The van der Waals surface area contributed by atoms with E-state index in [0.717, 1.165) is 5.75 Å². The second-order valence-electron chi connectivity index (χ2n) is 3.04. The van der Waals surface area contributed by atoms with Gasteiger partial charge in [0.2, 0.25) is 5.91 Å². The van der Waals surface area contributed by atoms with Gasteiger partial charge in [0.1, 0.15) is 12.4 Å². The Morgan fingerprint density at radius 2 is 2.56 bits per heavy atom. The third kappa shape index (κ3) is 4.75. The van der Waals surface area contributed by atoms with Crippen LogP contribution >= 0.6 is 11.8 Å². The summed E-state index contributed by atoms with van der Waals surface area (Å²) in [4.78, 5) is 11.4. The molecule has 0 aromatic carbocycles. The maximum Gasteiger partial charge on any atom is 0.241 e. The van der Waals surface area contributed by atoms with Crippen LogP contribution in [-0.2, 0) is 11.3 Å². The van der Waals surface area contributed by atoms with Gasteiger partial charge >= 0.3 is 0 Å². The molecule has 1 aromatic heterocycles. The minimum atomic E-state index is -0.0793. The summed E-state index contributed by atoms with van der Waals surface area (Å²) >= 11 is 1.61. The van der Waals surface area contributed by atoms with Crippen LogP contribution in [0.2, 0.25) is 0 Å². The summed E-state index contributed by atoms with van der Waals surface area (Å²) < 4.78 is 1.50. The number of nitrogens with one attached hydrogen (secondary N) is 1. The number of carbonyl (C=O) groups excluding carboxylic acids is 1. The van der Waals surface area contributed by atoms with Crippen molar-refractivity contribution in [3.8, 4) is 12.3 Å². The summed E-state index contributed by atoms with van der Waals surface area (Å²) in [5, 5.41) is 6.68. The largest absolute Gasteiger partial charge is 0.382 e. The molecule has 1 aromatic rings. The van der Waals surface area contributed by atoms with Crippen molar-refractivity contribution >= 4 is 23.5 Å². The Kier molecular flexibility index (Phi) is 5.29. The van der Waals surface area contributed by atoms with Crippen LogP contribution in [0.1, 0.15) is 0 Å². The number of rotatable bonds is 6. The fourth-order valence-electron chi connectivity index (χ4n) is 1.06. The molecule has 0 fully saturated rings. The number of hydrogen-bond donors (Lipinski definition) is 2. The van der Waals surface area contributed by atoms with Crippen molar-refractivity contribution in [2.24, 2.45) is 0 Å². The normalized spacial score (nSPS) is 9.69. The average molecular weight is 238 g/mol. The fraction of sp³-hybridized carbons (Fsp3) is 0.400. The second kappa shape index (κ2) is 6.80. The quantitative estimate of drug-likeness (QED) is 0.538. The zero-order valence-corrected chi connectivity index (χ0v) is 9.67. The predicted octanol–water partition coefficient (Wildman–Crippen LogP) is -0.0521. The first-order chi connectivity index (χ1) is 7.72. The van der Waals surface area contributed by atoms with E-state index in [0.29, 0.717) is 18.1 Å². The first-order valence-electron chi connectivity index (χ1n) is 4.79. The summed E-state index contributed by atoms with van der Waals surface area (Å²) in [6.07, 6.45) is 6.76. The molecule has 16 heavy (non-hydrogen) atoms. The van der Waals surface area contributed by atoms with Crippen molar-refractivity contribution in [3.63, 3.8) is 0 Å². The molecule has 0 aliphatic carbocycles. The number of nitrogens with zero attached hydrogens (tertiary/aromatic N) is 2. The van der Waals surface area contributed by atoms with Crippen molar-refractivity contribution in [1.29, 1.82) is 0 Å². The van der Waals surface area contributed by atoms with Crippen LogP contribution in [0, 0.1) is 12.3 Å². The Balaban J connectivity index is 2.14. The number of aromatic nitrogens is 2. The van der Waals surface area contributed by atoms with E-state index in [1.54, 1.807) is 24.0 Å². The number of hydrogen-bond acceptors (Lipinski definition) is 4. The van der Waals surface area contributed by atoms with Crippen LogP contribution < -0.4 is 11.1 Å². The van der Waals surface area contributed by atoms with Gasteiger partial charge in [-0.05, 0) is 6.07 Å². The number of thioether (sulfide) groups is 1. The van der Waals surface area contributed by atoms with E-state index in [1.807, 2.05) is 0 Å². The lowest BCUT2D eigenvalue weighted by Gasteiger charge is -2.04. The lowest BCUT2D eigenvalue weighted by atomic mass is 10.5. The minimum Gasteiger partial charge on any atom is -0.382 e. The molecule has 6 heteroatoms. The topological polar surface area (TPSA) is 72.9 Å². The Morgan fingerprint density at radius 3 is 3.19 bits per heavy atom. The average Bonchev–Trinajstić information content (AvgIpc) is 2.63. The molecule has 0 bridgehead atoms. The lowest BCUT2D eigenvalue weighted by Crippen LogP contribution is -2.29. The molecular formula is C10H14N4OS. The summed E-state index contributed by atoms with van der Waals surface area (Å²) in [6, 6.07) is 1.65. The number of nitrogen functional groups attached to an aromatic ring is 1. The van der Waals surface area contributed by atoms with Crippen molar-refractivity contribution in [3.05, 3.63) is 12.3 Å². The van der Waals surface area contributed by atoms with Gasteiger partial charge in [0.05, 0.1) is 5.75 Å². The fourth-order valence-corrected chi connectivity index (χ4v) is 1.57. The molecule has 1 heterocycles. The van der Waals surface area contributed by atoms with Gasteiger partial charge in [-0.3, -0.25) is 9.48 Å². The third-order valence-electron chi connectivity index (χ3n) is 1.72. The highest BCUT2D eigenvalue weighted by molar-refractivity contribution is 7.99. The highest BCUT2D eigenvalue weighted by atomic mass is 32.2. The predicted molar refractivity (Wildman–Crippen MR) is 65.8 cm³/mol. The van der Waals surface area contributed by atoms with Gasteiger partial charge in [-0.1, -0.05) is 5.92 Å². The third-order valence-corrected chi connectivity index (χ3v) is 2.58. The Morgan fingerprint density at radius 1 is 1.75 bits per heavy atom. The molecule has 0 saturated heterocycles. The number of carbonyl (C=O) groups is 1. The maximum absolute atomic E-state index is 11.4. The molecule has 0 atom stereocenters. The van der Waals surface area contributed by atoms with E-state index in [4.69, 9.17) is 12.2 Å². The number of nitrogens with two attached hydrogens (primary N) is 1. The maximum atomic E-state index is 11.4. The zero-order chi connectivity index (χ0) is 11.8. The molecule has 3 N–H and O–H groups in total. The van der Waals surface area contributed by atoms with Gasteiger partial charge in [-0.15, -0.1) is 18.2 Å². The number of anilines is 1. The molecule has 86 valence electrons. The molecule has 0 aliphatic rings. The van der Waals surface area contributed by atoms with Crippen molar-refractivity contribution < 1.29 is 4.79 Å². The lowest BCUT2D eigenvalue weighted by molar-refractivity contribution is -0.121. The molecule has 5 nitrogen and oxygen atoms in total. The van der Waals surface area contributed by atoms with Gasteiger partial charge in [0.15, 0.2) is 0 Å². The number of amides is 1. The highest BCUT2D eigenvalue weighted by Gasteiger charge is 2.02. The molecule has 1 amide bonds. The first-order valence-corrected chi connectivity index (χ1v) is 5.94. The van der Waals surface area contributed by atoms with Crippen molar-refractivity contribution in [2.75, 3.05) is 23.8 Å². The van der Waals surface area contributed by atoms with Gasteiger partial charge in [-0.2, -0.15) is 5.10 Å². The van der Waals surface area contributed by atoms with Crippen LogP contribution in [0.4, 0.5) is 5.82 Å². The van der Waals surface area contributed by atoms with E-state index in [9.17, 15) is 4.79 Å². The molecule has 1 rings (SSSR count). The number of terminal acetylenes is 1. The Hall–Kier alpha value is -1.61. The van der Waals surface area contributed by atoms with E-state index in [1.165, 1.54) is 4.68 Å². The standard InChI is InChI=1S/C10H14N4OS/c1-2-6-16-7-4-12-10(15)8-14-5-3-9(11)13-14/h1,3,5H,4,6-8H2,(H2,11,13)(H,12,15). The van der Waals surface area contributed by atoms with Crippen LogP contribution in [0.5, 0.6) is 0 Å². The summed E-state index contributed by atoms with van der Waals surface area (Å²) in [7, 11) is 0. The van der Waals surface area contributed by atoms with Gasteiger partial charge in [-0.25, -0.2) is 0 Å². The van der Waals surface area contributed by atoms with E-state index >= 15 is 0 Å². The smallest absolute Gasteiger partial charge is 0.241 e. The molecular weight excluding hydrogens is 224 g/mol. The summed E-state index contributed by atoms with van der Waals surface area (Å²) in [5.41, 5.74) is 5.42. The van der Waals surface area contributed by atoms with Crippen LogP contribution in [-0.4, -0.2) is 33.7 Å². The molecule has 0 spiro atoms. The summed E-state index contributed by atoms with van der Waals surface area (Å²) in [6.45, 7) is 0.805. The molecule has 0 saturated carbocycles. The zero-order valence-electron chi connectivity index (χ0n) is 8.85. The summed E-state index contributed by atoms with van der Waals surface area (Å²) in [5.74, 6) is 4.34. The molecule has 0 radical (unpaired) electrons. The van der Waals surface area contributed by atoms with Crippen LogP contribution in [0.15, 0.2) is 12.3 Å².